The third-order valence-electron chi connectivity index (χ3n) is 2.73. The molecule has 1 rings (SSSR count). The van der Waals surface area contributed by atoms with E-state index in [1.165, 1.54) is 26.2 Å². The van der Waals surface area contributed by atoms with E-state index in [0.29, 0.717) is 0 Å². The molecular weight excluding hydrogens is 288 g/mol. The molecule has 1 aromatic carbocycles. The molecule has 0 spiro atoms. The van der Waals surface area contributed by atoms with Crippen molar-refractivity contribution in [1.29, 1.82) is 0 Å². The normalized spacial score (nSPS) is 11.2. The van der Waals surface area contributed by atoms with Crippen molar-refractivity contribution in [2.75, 3.05) is 7.11 Å². The van der Waals surface area contributed by atoms with Gasteiger partial charge in [-0.25, -0.2) is 14.4 Å². The van der Waals surface area contributed by atoms with Crippen LogP contribution in [0.2, 0.25) is 0 Å². The Labute approximate surface area is 128 Å². The quantitative estimate of drug-likeness (QED) is 0.456. The predicted molar refractivity (Wildman–Crippen MR) is 78.4 cm³/mol. The predicted octanol–water partition coefficient (Wildman–Crippen LogP) is 2.28. The zero-order chi connectivity index (χ0) is 16.7. The van der Waals surface area contributed by atoms with Crippen LogP contribution >= 0.6 is 0 Å². The first-order valence-electron chi connectivity index (χ1n) is 6.66. The van der Waals surface area contributed by atoms with Crippen LogP contribution in [0.3, 0.4) is 0 Å². The molecule has 0 aliphatic rings. The highest BCUT2D eigenvalue weighted by atomic mass is 16.6. The Hall–Kier alpha value is -2.63. The smallest absolute Gasteiger partial charge is 0.352 e. The second kappa shape index (κ2) is 7.97. The summed E-state index contributed by atoms with van der Waals surface area (Å²) in [7, 11) is 1.23. The fourth-order valence-electron chi connectivity index (χ4n) is 1.54. The van der Waals surface area contributed by atoms with Gasteiger partial charge in [-0.3, -0.25) is 0 Å². The molecule has 1 aromatic rings. The van der Waals surface area contributed by atoms with Crippen LogP contribution in [0.4, 0.5) is 0 Å². The first-order valence-corrected chi connectivity index (χ1v) is 6.66. The Morgan fingerprint density at radius 2 is 1.86 bits per heavy atom. The van der Waals surface area contributed by atoms with Gasteiger partial charge in [0.05, 0.1) is 7.11 Å². The van der Waals surface area contributed by atoms with Crippen molar-refractivity contribution < 1.29 is 28.6 Å². The third kappa shape index (κ3) is 4.44. The summed E-state index contributed by atoms with van der Waals surface area (Å²) >= 11 is 0. The third-order valence-corrected chi connectivity index (χ3v) is 2.73. The number of ether oxygens (including phenoxy) is 3. The fraction of sp³-hybridized carbons (Fsp3) is 0.312. The minimum atomic E-state index is -1.07. The van der Waals surface area contributed by atoms with Gasteiger partial charge in [-0.15, -0.1) is 0 Å². The maximum atomic E-state index is 12.1. The topological polar surface area (TPSA) is 78.9 Å². The van der Waals surface area contributed by atoms with Crippen molar-refractivity contribution >= 4 is 17.9 Å². The number of esters is 3. The molecule has 0 saturated carbocycles. The average molecular weight is 306 g/mol. The van der Waals surface area contributed by atoms with Gasteiger partial charge in [0.2, 0.25) is 0 Å². The highest BCUT2D eigenvalue weighted by molar-refractivity contribution is 5.94. The van der Waals surface area contributed by atoms with Crippen molar-refractivity contribution in [3.63, 3.8) is 0 Å². The molecule has 6 heteroatoms. The van der Waals surface area contributed by atoms with E-state index in [0.717, 1.165) is 0 Å². The summed E-state index contributed by atoms with van der Waals surface area (Å²) in [6.07, 6.45) is -0.840. The number of hydrogen-bond acceptors (Lipinski definition) is 6. The van der Waals surface area contributed by atoms with Crippen LogP contribution in [-0.2, 0) is 19.1 Å². The molecule has 118 valence electrons. The summed E-state index contributed by atoms with van der Waals surface area (Å²) < 4.78 is 14.8. The molecule has 0 N–H and O–H groups in total. The molecule has 1 atom stereocenters. The monoisotopic (exact) mass is 306 g/mol. The number of carbonyl (C=O) groups excluding carboxylic acids is 3. The Balaban J connectivity index is 2.89. The van der Waals surface area contributed by atoms with Gasteiger partial charge in [0, 0.05) is 5.57 Å². The molecule has 0 heterocycles. The first kappa shape index (κ1) is 17.4. The van der Waals surface area contributed by atoms with Crippen molar-refractivity contribution in [3.8, 4) is 5.75 Å². The van der Waals surface area contributed by atoms with Crippen LogP contribution in [0.5, 0.6) is 5.75 Å². The Morgan fingerprint density at radius 3 is 2.41 bits per heavy atom. The van der Waals surface area contributed by atoms with E-state index in [9.17, 15) is 14.4 Å². The first-order chi connectivity index (χ1) is 10.4. The second-order valence-corrected chi connectivity index (χ2v) is 4.49. The molecule has 0 fully saturated rings. The number of para-hydroxylation sites is 1. The minimum absolute atomic E-state index is 0.0455. The van der Waals surface area contributed by atoms with E-state index < -0.39 is 24.0 Å². The summed E-state index contributed by atoms with van der Waals surface area (Å²) in [6, 6.07) is 6.14. The number of methoxy groups -OCH3 is 1. The largest absolute Gasteiger partial charge is 0.465 e. The summed E-state index contributed by atoms with van der Waals surface area (Å²) in [5.41, 5.74) is 0.292. The van der Waals surface area contributed by atoms with Gasteiger partial charge in [-0.2, -0.15) is 0 Å². The van der Waals surface area contributed by atoms with Crippen LogP contribution < -0.4 is 4.74 Å². The molecule has 6 nitrogen and oxygen atoms in total. The van der Waals surface area contributed by atoms with Crippen molar-refractivity contribution in [2.45, 2.75) is 26.4 Å². The molecule has 0 saturated heterocycles. The van der Waals surface area contributed by atoms with Gasteiger partial charge >= 0.3 is 17.9 Å². The maximum absolute atomic E-state index is 12.1. The lowest BCUT2D eigenvalue weighted by Crippen LogP contribution is -2.31. The summed E-state index contributed by atoms with van der Waals surface area (Å²) in [4.78, 5) is 35.2. The Morgan fingerprint density at radius 1 is 1.23 bits per heavy atom. The van der Waals surface area contributed by atoms with E-state index in [4.69, 9.17) is 9.47 Å². The van der Waals surface area contributed by atoms with Crippen LogP contribution in [0.15, 0.2) is 36.4 Å². The van der Waals surface area contributed by atoms with Crippen molar-refractivity contribution in [1.82, 2.24) is 0 Å². The van der Waals surface area contributed by atoms with Gasteiger partial charge in [-0.05, 0) is 25.5 Å². The standard InChI is InChI=1S/C16H18O6/c1-5-12(21-14(17)10(2)3)16(19)22-13-9-7-6-8-11(13)15(18)20-4/h6-9,12H,2,5H2,1,3-4H3. The molecule has 0 aromatic heterocycles. The molecule has 0 aliphatic carbocycles. The molecule has 0 aliphatic heterocycles. The lowest BCUT2D eigenvalue weighted by Gasteiger charge is -2.16. The molecule has 0 radical (unpaired) electrons. The second-order valence-electron chi connectivity index (χ2n) is 4.49. The van der Waals surface area contributed by atoms with Gasteiger partial charge < -0.3 is 14.2 Å². The lowest BCUT2D eigenvalue weighted by molar-refractivity contribution is -0.159. The number of rotatable bonds is 6. The zero-order valence-electron chi connectivity index (χ0n) is 12.8. The van der Waals surface area contributed by atoms with Gasteiger partial charge in [-0.1, -0.05) is 25.6 Å². The van der Waals surface area contributed by atoms with E-state index >= 15 is 0 Å². The van der Waals surface area contributed by atoms with Crippen LogP contribution in [0, 0.1) is 0 Å². The molecule has 1 unspecified atom stereocenters. The summed E-state index contributed by atoms with van der Waals surface area (Å²) in [5, 5.41) is 0. The SMILES string of the molecule is C=C(C)C(=O)OC(CC)C(=O)Oc1ccccc1C(=O)OC. The van der Waals surface area contributed by atoms with Crippen molar-refractivity contribution in [3.05, 3.63) is 42.0 Å². The highest BCUT2D eigenvalue weighted by Gasteiger charge is 2.25. The fourth-order valence-corrected chi connectivity index (χ4v) is 1.54. The van der Waals surface area contributed by atoms with Crippen LogP contribution in [0.25, 0.3) is 0 Å². The van der Waals surface area contributed by atoms with Crippen molar-refractivity contribution in [2.24, 2.45) is 0 Å². The van der Waals surface area contributed by atoms with Gasteiger partial charge in [0.25, 0.3) is 0 Å². The summed E-state index contributed by atoms with van der Waals surface area (Å²) in [5.74, 6) is -2.03. The number of hydrogen-bond donors (Lipinski definition) is 0. The molecule has 22 heavy (non-hydrogen) atoms. The van der Waals surface area contributed by atoms with Gasteiger partial charge in [0.15, 0.2) is 6.10 Å². The average Bonchev–Trinajstić information content (AvgIpc) is 2.51. The summed E-state index contributed by atoms with van der Waals surface area (Å²) in [6.45, 7) is 6.60. The number of benzene rings is 1. The highest BCUT2D eigenvalue weighted by Crippen LogP contribution is 2.20. The zero-order valence-corrected chi connectivity index (χ0v) is 12.8. The Bertz CT molecular complexity index is 590. The lowest BCUT2D eigenvalue weighted by atomic mass is 10.2. The van der Waals surface area contributed by atoms with Gasteiger partial charge in [0.1, 0.15) is 11.3 Å². The molecule has 0 amide bonds. The Kier molecular flexibility index (Phi) is 6.31. The van der Waals surface area contributed by atoms with E-state index in [1.54, 1.807) is 19.1 Å². The maximum Gasteiger partial charge on any atom is 0.352 e. The van der Waals surface area contributed by atoms with E-state index in [2.05, 4.69) is 11.3 Å². The molecule has 0 bridgehead atoms. The van der Waals surface area contributed by atoms with E-state index in [-0.39, 0.29) is 23.3 Å². The van der Waals surface area contributed by atoms with Crippen LogP contribution in [0.1, 0.15) is 30.6 Å². The minimum Gasteiger partial charge on any atom is -0.465 e. The molecular formula is C16H18O6. The number of carbonyl (C=O) groups is 3. The van der Waals surface area contributed by atoms with Crippen LogP contribution in [-0.4, -0.2) is 31.1 Å². The van der Waals surface area contributed by atoms with E-state index in [1.807, 2.05) is 0 Å².